The molecule has 0 amide bonds. The van der Waals surface area contributed by atoms with Crippen molar-refractivity contribution in [2.45, 2.75) is 52.0 Å². The molecular formula is C16H26N2. The number of pyridine rings is 1. The summed E-state index contributed by atoms with van der Waals surface area (Å²) in [6.45, 7) is 5.66. The van der Waals surface area contributed by atoms with E-state index in [-0.39, 0.29) is 0 Å². The lowest BCUT2D eigenvalue weighted by atomic mass is 9.78. The molecule has 1 N–H and O–H groups in total. The van der Waals surface area contributed by atoms with Gasteiger partial charge in [0.05, 0.1) is 0 Å². The van der Waals surface area contributed by atoms with E-state index in [1.165, 1.54) is 31.2 Å². The number of rotatable bonds is 5. The molecule has 0 aromatic carbocycles. The van der Waals surface area contributed by atoms with Gasteiger partial charge in [-0.15, -0.1) is 0 Å². The first-order chi connectivity index (χ1) is 8.79. The van der Waals surface area contributed by atoms with Crippen LogP contribution in [0.3, 0.4) is 0 Å². The maximum atomic E-state index is 4.23. The van der Waals surface area contributed by atoms with Crippen molar-refractivity contribution in [1.82, 2.24) is 10.3 Å². The Morgan fingerprint density at radius 1 is 1.33 bits per heavy atom. The number of aromatic nitrogens is 1. The molecule has 0 radical (unpaired) electrons. The smallest absolute Gasteiger partial charge is 0.0300 e. The zero-order valence-electron chi connectivity index (χ0n) is 11.7. The van der Waals surface area contributed by atoms with E-state index < -0.39 is 0 Å². The summed E-state index contributed by atoms with van der Waals surface area (Å²) in [7, 11) is 0. The molecular weight excluding hydrogens is 220 g/mol. The summed E-state index contributed by atoms with van der Waals surface area (Å²) >= 11 is 0. The van der Waals surface area contributed by atoms with Gasteiger partial charge in [0.15, 0.2) is 0 Å². The molecule has 1 unspecified atom stereocenters. The fourth-order valence-corrected chi connectivity index (χ4v) is 3.13. The molecule has 0 spiro atoms. The van der Waals surface area contributed by atoms with Crippen molar-refractivity contribution in [2.24, 2.45) is 11.8 Å². The molecule has 1 heterocycles. The van der Waals surface area contributed by atoms with Crippen LogP contribution in [0.4, 0.5) is 0 Å². The van der Waals surface area contributed by atoms with Gasteiger partial charge < -0.3 is 5.32 Å². The van der Waals surface area contributed by atoms with Gasteiger partial charge in [-0.3, -0.25) is 4.98 Å². The fourth-order valence-electron chi connectivity index (χ4n) is 3.13. The predicted octanol–water partition coefficient (Wildman–Crippen LogP) is 3.43. The topological polar surface area (TPSA) is 24.9 Å². The molecule has 0 saturated heterocycles. The largest absolute Gasteiger partial charge is 0.314 e. The van der Waals surface area contributed by atoms with Crippen molar-refractivity contribution >= 4 is 0 Å². The summed E-state index contributed by atoms with van der Waals surface area (Å²) in [5.41, 5.74) is 1.36. The third-order valence-corrected chi connectivity index (χ3v) is 4.27. The van der Waals surface area contributed by atoms with Gasteiger partial charge in [-0.05, 0) is 49.3 Å². The van der Waals surface area contributed by atoms with Crippen molar-refractivity contribution in [1.29, 1.82) is 0 Å². The molecule has 0 bridgehead atoms. The average molecular weight is 246 g/mol. The Morgan fingerprint density at radius 3 is 2.72 bits per heavy atom. The third-order valence-electron chi connectivity index (χ3n) is 4.27. The Bertz CT molecular complexity index is 328. The molecule has 1 aromatic rings. The molecule has 1 aliphatic rings. The minimum Gasteiger partial charge on any atom is -0.314 e. The van der Waals surface area contributed by atoms with Gasteiger partial charge in [0.2, 0.25) is 0 Å². The number of nitrogens with one attached hydrogen (secondary N) is 1. The zero-order valence-corrected chi connectivity index (χ0v) is 11.7. The van der Waals surface area contributed by atoms with E-state index in [0.29, 0.717) is 6.04 Å². The Hall–Kier alpha value is -0.890. The van der Waals surface area contributed by atoms with Crippen LogP contribution in [0.5, 0.6) is 0 Å². The lowest BCUT2D eigenvalue weighted by Gasteiger charge is -2.33. The molecule has 1 saturated carbocycles. The van der Waals surface area contributed by atoms with Crippen molar-refractivity contribution in [3.8, 4) is 0 Å². The maximum Gasteiger partial charge on any atom is 0.0300 e. The molecule has 2 heteroatoms. The summed E-state index contributed by atoms with van der Waals surface area (Å²) < 4.78 is 0. The van der Waals surface area contributed by atoms with Crippen LogP contribution in [0.25, 0.3) is 0 Å². The zero-order chi connectivity index (χ0) is 12.8. The van der Waals surface area contributed by atoms with E-state index in [9.17, 15) is 0 Å². The molecule has 2 nitrogen and oxygen atoms in total. The Labute approximate surface area is 111 Å². The highest BCUT2D eigenvalue weighted by Crippen LogP contribution is 2.31. The van der Waals surface area contributed by atoms with Crippen molar-refractivity contribution in [2.75, 3.05) is 6.54 Å². The van der Waals surface area contributed by atoms with Gasteiger partial charge in [-0.2, -0.15) is 0 Å². The minimum absolute atomic E-state index is 0.631. The second kappa shape index (κ2) is 6.89. The van der Waals surface area contributed by atoms with Gasteiger partial charge in [-0.25, -0.2) is 0 Å². The molecule has 0 aliphatic heterocycles. The summed E-state index contributed by atoms with van der Waals surface area (Å²) in [5.74, 6) is 1.78. The predicted molar refractivity (Wildman–Crippen MR) is 76.5 cm³/mol. The van der Waals surface area contributed by atoms with Crippen LogP contribution in [0.1, 0.15) is 45.1 Å². The monoisotopic (exact) mass is 246 g/mol. The maximum absolute atomic E-state index is 4.23. The van der Waals surface area contributed by atoms with Crippen molar-refractivity contribution < 1.29 is 0 Å². The third kappa shape index (κ3) is 3.81. The first-order valence-corrected chi connectivity index (χ1v) is 7.42. The highest BCUT2D eigenvalue weighted by molar-refractivity contribution is 5.10. The lowest BCUT2D eigenvalue weighted by Crippen LogP contribution is -2.39. The fraction of sp³-hybridized carbons (Fsp3) is 0.688. The quantitative estimate of drug-likeness (QED) is 0.861. The second-order valence-corrected chi connectivity index (χ2v) is 5.75. The van der Waals surface area contributed by atoms with E-state index in [0.717, 1.165) is 24.8 Å². The van der Waals surface area contributed by atoms with Gasteiger partial charge in [-0.1, -0.05) is 32.8 Å². The van der Waals surface area contributed by atoms with E-state index in [4.69, 9.17) is 0 Å². The summed E-state index contributed by atoms with van der Waals surface area (Å²) in [6, 6.07) is 4.87. The minimum atomic E-state index is 0.631. The number of nitrogens with zero attached hydrogens (tertiary/aromatic N) is 1. The summed E-state index contributed by atoms with van der Waals surface area (Å²) in [4.78, 5) is 4.23. The van der Waals surface area contributed by atoms with Gasteiger partial charge in [0, 0.05) is 18.4 Å². The number of hydrogen-bond donors (Lipinski definition) is 1. The van der Waals surface area contributed by atoms with Crippen LogP contribution in [-0.2, 0) is 6.42 Å². The SMILES string of the molecule is CCNC(Cc1cccnc1)C1CCC(C)CC1. The van der Waals surface area contributed by atoms with Gasteiger partial charge in [0.1, 0.15) is 0 Å². The van der Waals surface area contributed by atoms with E-state index >= 15 is 0 Å². The van der Waals surface area contributed by atoms with Crippen LogP contribution >= 0.6 is 0 Å². The van der Waals surface area contributed by atoms with Crippen molar-refractivity contribution in [3.05, 3.63) is 30.1 Å². The molecule has 18 heavy (non-hydrogen) atoms. The molecule has 1 fully saturated rings. The second-order valence-electron chi connectivity index (χ2n) is 5.75. The molecule has 1 aliphatic carbocycles. The average Bonchev–Trinajstić information content (AvgIpc) is 2.40. The van der Waals surface area contributed by atoms with Gasteiger partial charge >= 0.3 is 0 Å². The van der Waals surface area contributed by atoms with Crippen LogP contribution in [-0.4, -0.2) is 17.6 Å². The van der Waals surface area contributed by atoms with Crippen LogP contribution in [0.15, 0.2) is 24.5 Å². The standard InChI is InChI=1S/C16H26N2/c1-3-18-16(11-14-5-4-10-17-12-14)15-8-6-13(2)7-9-15/h4-5,10,12-13,15-16,18H,3,6-9,11H2,1-2H3. The van der Waals surface area contributed by atoms with Crippen LogP contribution < -0.4 is 5.32 Å². The highest BCUT2D eigenvalue weighted by atomic mass is 14.9. The van der Waals surface area contributed by atoms with Gasteiger partial charge in [0.25, 0.3) is 0 Å². The number of likely N-dealkylation sites (N-methyl/N-ethyl adjacent to an activating group) is 1. The van der Waals surface area contributed by atoms with Crippen LogP contribution in [0, 0.1) is 11.8 Å². The van der Waals surface area contributed by atoms with Crippen molar-refractivity contribution in [3.63, 3.8) is 0 Å². The van der Waals surface area contributed by atoms with Crippen LogP contribution in [0.2, 0.25) is 0 Å². The highest BCUT2D eigenvalue weighted by Gasteiger charge is 2.25. The molecule has 1 aromatic heterocycles. The lowest BCUT2D eigenvalue weighted by molar-refractivity contribution is 0.230. The molecule has 100 valence electrons. The Balaban J connectivity index is 1.95. The molecule has 1 atom stereocenters. The first-order valence-electron chi connectivity index (χ1n) is 7.42. The Kier molecular flexibility index (Phi) is 5.18. The normalized spacial score (nSPS) is 25.9. The first kappa shape index (κ1) is 13.5. The summed E-state index contributed by atoms with van der Waals surface area (Å²) in [6.07, 6.45) is 10.6. The van der Waals surface area contributed by atoms with E-state index in [2.05, 4.69) is 30.2 Å². The summed E-state index contributed by atoms with van der Waals surface area (Å²) in [5, 5.41) is 3.69. The molecule has 2 rings (SSSR count). The van der Waals surface area contributed by atoms with E-state index in [1.54, 1.807) is 0 Å². The van der Waals surface area contributed by atoms with E-state index in [1.807, 2.05) is 18.5 Å². The number of hydrogen-bond acceptors (Lipinski definition) is 2. The Morgan fingerprint density at radius 2 is 2.11 bits per heavy atom.